The Labute approximate surface area is 109 Å². The van der Waals surface area contributed by atoms with Crippen LogP contribution in [0.15, 0.2) is 0 Å². The van der Waals surface area contributed by atoms with E-state index in [1.807, 2.05) is 13.8 Å². The molecule has 0 heterocycles. The smallest absolute Gasteiger partial charge is 0.328 e. The molecule has 0 saturated heterocycles. The van der Waals surface area contributed by atoms with E-state index in [0.717, 1.165) is 25.7 Å². The minimum absolute atomic E-state index is 0.185. The minimum atomic E-state index is -0.681. The molecule has 2 rings (SSSR count). The van der Waals surface area contributed by atoms with Crippen molar-refractivity contribution in [2.24, 2.45) is 0 Å². The quantitative estimate of drug-likeness (QED) is 0.707. The van der Waals surface area contributed by atoms with E-state index in [1.165, 1.54) is 12.8 Å². The molecule has 0 bridgehead atoms. The fourth-order valence-corrected chi connectivity index (χ4v) is 2.47. The molecule has 1 unspecified atom stereocenters. The zero-order valence-corrected chi connectivity index (χ0v) is 11.5. The van der Waals surface area contributed by atoms with Crippen molar-refractivity contribution in [3.63, 3.8) is 0 Å². The number of hydrogen-bond acceptors (Lipinski definition) is 4. The molecule has 0 aliphatic heterocycles. The third-order valence-corrected chi connectivity index (χ3v) is 3.74. The number of nitrogens with one attached hydrogen (secondary N) is 1. The number of rotatable bonds is 7. The topological polar surface area (TPSA) is 47.6 Å². The van der Waals surface area contributed by atoms with Crippen molar-refractivity contribution in [1.82, 2.24) is 5.32 Å². The first-order chi connectivity index (χ1) is 8.64. The summed E-state index contributed by atoms with van der Waals surface area (Å²) in [5.74, 6) is -0.185. The van der Waals surface area contributed by atoms with Crippen LogP contribution in [0, 0.1) is 0 Å². The Bertz CT molecular complexity index is 285. The molecule has 18 heavy (non-hydrogen) atoms. The maximum absolute atomic E-state index is 12.1. The molecular weight excluding hydrogens is 230 g/mol. The average molecular weight is 255 g/mol. The number of esters is 1. The van der Waals surface area contributed by atoms with Crippen LogP contribution in [0.2, 0.25) is 0 Å². The van der Waals surface area contributed by atoms with E-state index >= 15 is 0 Å². The fraction of sp³-hybridized carbons (Fsp3) is 0.929. The first-order valence-electron chi connectivity index (χ1n) is 7.20. The molecule has 2 aliphatic carbocycles. The van der Waals surface area contributed by atoms with Gasteiger partial charge < -0.3 is 9.47 Å². The summed E-state index contributed by atoms with van der Waals surface area (Å²) in [6.45, 7) is 4.59. The minimum Gasteiger partial charge on any atom is -0.465 e. The van der Waals surface area contributed by atoms with Crippen LogP contribution >= 0.6 is 0 Å². The Morgan fingerprint density at radius 1 is 1.28 bits per heavy atom. The highest BCUT2D eigenvalue weighted by molar-refractivity contribution is 5.80. The van der Waals surface area contributed by atoms with Crippen LogP contribution in [0.5, 0.6) is 0 Å². The van der Waals surface area contributed by atoms with Gasteiger partial charge in [0.2, 0.25) is 0 Å². The normalized spacial score (nSPS) is 23.9. The van der Waals surface area contributed by atoms with Crippen molar-refractivity contribution in [3.05, 3.63) is 0 Å². The standard InChI is InChI=1S/C14H25NO3/c1-3-17-13(16)14(2,15-11-8-9-11)10-18-12-6-4-5-7-12/h11-12,15H,3-10H2,1-2H3. The molecule has 2 aliphatic rings. The highest BCUT2D eigenvalue weighted by Gasteiger charge is 2.40. The van der Waals surface area contributed by atoms with Crippen LogP contribution in [0.4, 0.5) is 0 Å². The lowest BCUT2D eigenvalue weighted by Gasteiger charge is -2.29. The Kier molecular flexibility index (Phi) is 4.62. The molecule has 0 aromatic rings. The van der Waals surface area contributed by atoms with Gasteiger partial charge in [-0.25, -0.2) is 4.79 Å². The molecule has 2 fully saturated rings. The van der Waals surface area contributed by atoms with Crippen LogP contribution < -0.4 is 5.32 Å². The zero-order chi connectivity index (χ0) is 13.0. The number of hydrogen-bond donors (Lipinski definition) is 1. The molecule has 4 nitrogen and oxygen atoms in total. The van der Waals surface area contributed by atoms with E-state index in [-0.39, 0.29) is 5.97 Å². The summed E-state index contributed by atoms with van der Waals surface area (Å²) in [5, 5.41) is 3.38. The molecular formula is C14H25NO3. The molecule has 104 valence electrons. The first-order valence-corrected chi connectivity index (χ1v) is 7.20. The number of carbonyl (C=O) groups is 1. The predicted molar refractivity (Wildman–Crippen MR) is 69.4 cm³/mol. The molecule has 0 aromatic heterocycles. The lowest BCUT2D eigenvalue weighted by Crippen LogP contribution is -2.55. The van der Waals surface area contributed by atoms with Crippen LogP contribution in [-0.2, 0) is 14.3 Å². The van der Waals surface area contributed by atoms with E-state index in [4.69, 9.17) is 9.47 Å². The molecule has 0 amide bonds. The zero-order valence-electron chi connectivity index (χ0n) is 11.5. The maximum Gasteiger partial charge on any atom is 0.328 e. The summed E-state index contributed by atoms with van der Waals surface area (Å²) >= 11 is 0. The van der Waals surface area contributed by atoms with E-state index in [9.17, 15) is 4.79 Å². The highest BCUT2D eigenvalue weighted by atomic mass is 16.5. The summed E-state index contributed by atoms with van der Waals surface area (Å²) in [6, 6.07) is 0.464. The van der Waals surface area contributed by atoms with Crippen LogP contribution in [0.1, 0.15) is 52.4 Å². The third kappa shape index (κ3) is 3.69. The van der Waals surface area contributed by atoms with Gasteiger partial charge in [0, 0.05) is 6.04 Å². The fourth-order valence-electron chi connectivity index (χ4n) is 2.47. The SMILES string of the molecule is CCOC(=O)C(C)(COC1CCCC1)NC1CC1. The van der Waals surface area contributed by atoms with Crippen molar-refractivity contribution in [2.75, 3.05) is 13.2 Å². The van der Waals surface area contributed by atoms with E-state index in [2.05, 4.69) is 5.32 Å². The summed E-state index contributed by atoms with van der Waals surface area (Å²) in [5.41, 5.74) is -0.681. The second kappa shape index (κ2) is 6.02. The lowest BCUT2D eigenvalue weighted by molar-refractivity contribution is -0.154. The van der Waals surface area contributed by atoms with Crippen molar-refractivity contribution in [2.45, 2.75) is 70.1 Å². The van der Waals surface area contributed by atoms with E-state index in [0.29, 0.717) is 25.4 Å². The molecule has 2 saturated carbocycles. The van der Waals surface area contributed by atoms with Gasteiger partial charge in [-0.2, -0.15) is 0 Å². The molecule has 1 atom stereocenters. The molecule has 1 N–H and O–H groups in total. The molecule has 0 aromatic carbocycles. The summed E-state index contributed by atoms with van der Waals surface area (Å²) < 4.78 is 11.1. The van der Waals surface area contributed by atoms with Gasteiger partial charge in [-0.05, 0) is 39.5 Å². The first kappa shape index (κ1) is 13.8. The largest absolute Gasteiger partial charge is 0.465 e. The molecule has 4 heteroatoms. The Morgan fingerprint density at radius 3 is 2.50 bits per heavy atom. The van der Waals surface area contributed by atoms with Gasteiger partial charge in [-0.1, -0.05) is 12.8 Å². The second-order valence-corrected chi connectivity index (χ2v) is 5.69. The van der Waals surface area contributed by atoms with Gasteiger partial charge in [-0.3, -0.25) is 5.32 Å². The molecule has 0 spiro atoms. The third-order valence-electron chi connectivity index (χ3n) is 3.74. The maximum atomic E-state index is 12.1. The Balaban J connectivity index is 1.87. The van der Waals surface area contributed by atoms with Crippen molar-refractivity contribution in [3.8, 4) is 0 Å². The van der Waals surface area contributed by atoms with Gasteiger partial charge >= 0.3 is 5.97 Å². The number of carbonyl (C=O) groups excluding carboxylic acids is 1. The van der Waals surface area contributed by atoms with Gasteiger partial charge in [0.05, 0.1) is 19.3 Å². The van der Waals surface area contributed by atoms with E-state index in [1.54, 1.807) is 0 Å². The Morgan fingerprint density at radius 2 is 1.94 bits per heavy atom. The molecule has 0 radical (unpaired) electrons. The average Bonchev–Trinajstić information content (AvgIpc) is 2.99. The summed E-state index contributed by atoms with van der Waals surface area (Å²) in [6.07, 6.45) is 7.38. The van der Waals surface area contributed by atoms with Crippen LogP contribution in [0.3, 0.4) is 0 Å². The monoisotopic (exact) mass is 255 g/mol. The second-order valence-electron chi connectivity index (χ2n) is 5.69. The van der Waals surface area contributed by atoms with Gasteiger partial charge in [0.15, 0.2) is 0 Å². The lowest BCUT2D eigenvalue weighted by atomic mass is 10.0. The summed E-state index contributed by atoms with van der Waals surface area (Å²) in [4.78, 5) is 12.1. The predicted octanol–water partition coefficient (Wildman–Crippen LogP) is 2.02. The van der Waals surface area contributed by atoms with Crippen LogP contribution in [0.25, 0.3) is 0 Å². The van der Waals surface area contributed by atoms with Gasteiger partial charge in [0.1, 0.15) is 5.54 Å². The summed E-state index contributed by atoms with van der Waals surface area (Å²) in [7, 11) is 0. The van der Waals surface area contributed by atoms with Gasteiger partial charge in [0.25, 0.3) is 0 Å². The highest BCUT2D eigenvalue weighted by Crippen LogP contribution is 2.26. The van der Waals surface area contributed by atoms with E-state index < -0.39 is 5.54 Å². The van der Waals surface area contributed by atoms with Crippen molar-refractivity contribution < 1.29 is 14.3 Å². The Hall–Kier alpha value is -0.610. The van der Waals surface area contributed by atoms with Gasteiger partial charge in [-0.15, -0.1) is 0 Å². The van der Waals surface area contributed by atoms with Crippen LogP contribution in [-0.4, -0.2) is 36.9 Å². The van der Waals surface area contributed by atoms with Crippen molar-refractivity contribution >= 4 is 5.97 Å². The number of ether oxygens (including phenoxy) is 2. The van der Waals surface area contributed by atoms with Crippen molar-refractivity contribution in [1.29, 1.82) is 0 Å².